The number of methoxy groups -OCH3 is 2. The van der Waals surface area contributed by atoms with Crippen LogP contribution in [0.1, 0.15) is 0 Å². The average molecular weight is 345 g/mol. The van der Waals surface area contributed by atoms with Crippen molar-refractivity contribution in [3.63, 3.8) is 0 Å². The van der Waals surface area contributed by atoms with E-state index in [-0.39, 0.29) is 12.4 Å². The van der Waals surface area contributed by atoms with Gasteiger partial charge in [0.15, 0.2) is 17.3 Å². The number of amides is 1. The van der Waals surface area contributed by atoms with Gasteiger partial charge < -0.3 is 23.6 Å². The summed E-state index contributed by atoms with van der Waals surface area (Å²) in [5.41, 5.74) is 0.491. The highest BCUT2D eigenvalue weighted by atomic mass is 16.5. The maximum absolute atomic E-state index is 12.1. The number of furan rings is 1. The van der Waals surface area contributed by atoms with Crippen LogP contribution in [0.4, 0.5) is 5.69 Å². The maximum Gasteiger partial charge on any atom is 0.437 e. The molecular formula is C16H15N3O6. The Bertz CT molecular complexity index is 926. The lowest BCUT2D eigenvalue weighted by atomic mass is 10.2. The van der Waals surface area contributed by atoms with Crippen LogP contribution in [0.5, 0.6) is 11.5 Å². The van der Waals surface area contributed by atoms with E-state index in [1.165, 1.54) is 20.5 Å². The Labute approximate surface area is 141 Å². The predicted molar refractivity (Wildman–Crippen MR) is 86.6 cm³/mol. The van der Waals surface area contributed by atoms with E-state index in [2.05, 4.69) is 10.4 Å². The number of nitrogens with zero attached hydrogens (tertiary/aromatic N) is 2. The van der Waals surface area contributed by atoms with Crippen molar-refractivity contribution in [2.45, 2.75) is 6.54 Å². The van der Waals surface area contributed by atoms with Gasteiger partial charge in [0.2, 0.25) is 5.91 Å². The predicted octanol–water partition coefficient (Wildman–Crippen LogP) is 1.75. The van der Waals surface area contributed by atoms with Crippen LogP contribution in [0.15, 0.2) is 50.2 Å². The second-order valence-corrected chi connectivity index (χ2v) is 4.93. The molecule has 2 heterocycles. The fraction of sp³-hybridized carbons (Fsp3) is 0.188. The number of nitrogens with one attached hydrogen (secondary N) is 1. The van der Waals surface area contributed by atoms with Gasteiger partial charge in [0.05, 0.1) is 20.5 Å². The molecule has 0 aliphatic carbocycles. The number of hydrogen-bond donors (Lipinski definition) is 1. The molecule has 0 fully saturated rings. The van der Waals surface area contributed by atoms with E-state index < -0.39 is 11.7 Å². The summed E-state index contributed by atoms with van der Waals surface area (Å²) in [6.45, 7) is -0.308. The standard InChI is InChI=1S/C16H15N3O6/c1-22-11-6-5-10(8-13(11)23-2)17-14(20)9-19-16(21)25-15(18-19)12-4-3-7-24-12/h3-8H,9H2,1-2H3,(H,17,20). The molecule has 1 aromatic carbocycles. The zero-order valence-corrected chi connectivity index (χ0v) is 13.5. The number of ether oxygens (including phenoxy) is 2. The van der Waals surface area contributed by atoms with Gasteiger partial charge in [-0.2, -0.15) is 4.68 Å². The highest BCUT2D eigenvalue weighted by Crippen LogP contribution is 2.29. The highest BCUT2D eigenvalue weighted by Gasteiger charge is 2.15. The van der Waals surface area contributed by atoms with Gasteiger partial charge in [-0.3, -0.25) is 4.79 Å². The first kappa shape index (κ1) is 16.4. The molecule has 1 N–H and O–H groups in total. The Hall–Kier alpha value is -3.49. The molecule has 0 bridgehead atoms. The largest absolute Gasteiger partial charge is 0.493 e. The first-order valence-corrected chi connectivity index (χ1v) is 7.24. The van der Waals surface area contributed by atoms with E-state index in [1.54, 1.807) is 30.3 Å². The van der Waals surface area contributed by atoms with Crippen molar-refractivity contribution < 1.29 is 23.1 Å². The molecule has 0 radical (unpaired) electrons. The Kier molecular flexibility index (Phi) is 4.55. The summed E-state index contributed by atoms with van der Waals surface area (Å²) in [5.74, 6) is 0.114. The third-order valence-corrected chi connectivity index (χ3v) is 3.30. The molecule has 0 spiro atoms. The van der Waals surface area contributed by atoms with Crippen LogP contribution >= 0.6 is 0 Å². The van der Waals surface area contributed by atoms with Gasteiger partial charge in [0, 0.05) is 11.8 Å². The SMILES string of the molecule is COc1ccc(NC(=O)Cn2nc(-c3ccco3)oc2=O)cc1OC. The van der Waals surface area contributed by atoms with Crippen molar-refractivity contribution in [2.24, 2.45) is 0 Å². The summed E-state index contributed by atoms with van der Waals surface area (Å²) in [5, 5.41) is 6.58. The summed E-state index contributed by atoms with van der Waals surface area (Å²) < 4.78 is 21.3. The maximum atomic E-state index is 12.1. The van der Waals surface area contributed by atoms with E-state index >= 15 is 0 Å². The van der Waals surface area contributed by atoms with E-state index in [4.69, 9.17) is 18.3 Å². The van der Waals surface area contributed by atoms with Crippen LogP contribution < -0.4 is 20.5 Å². The number of hydrogen-bond acceptors (Lipinski definition) is 7. The summed E-state index contributed by atoms with van der Waals surface area (Å²) in [7, 11) is 3.01. The van der Waals surface area contributed by atoms with Gasteiger partial charge in [-0.05, 0) is 24.3 Å². The Morgan fingerprint density at radius 1 is 1.24 bits per heavy atom. The van der Waals surface area contributed by atoms with Crippen molar-refractivity contribution in [1.82, 2.24) is 9.78 Å². The molecular weight excluding hydrogens is 330 g/mol. The normalized spacial score (nSPS) is 10.5. The van der Waals surface area contributed by atoms with Gasteiger partial charge >= 0.3 is 5.76 Å². The molecule has 0 aliphatic rings. The van der Waals surface area contributed by atoms with Gasteiger partial charge in [-0.15, -0.1) is 5.10 Å². The minimum atomic E-state index is -0.756. The zero-order chi connectivity index (χ0) is 17.8. The first-order valence-electron chi connectivity index (χ1n) is 7.24. The molecule has 2 aromatic heterocycles. The molecule has 25 heavy (non-hydrogen) atoms. The summed E-state index contributed by atoms with van der Waals surface area (Å²) in [6.07, 6.45) is 1.43. The molecule has 0 aliphatic heterocycles. The molecule has 0 unspecified atom stereocenters. The molecule has 9 heteroatoms. The van der Waals surface area contributed by atoms with Gasteiger partial charge in [-0.1, -0.05) is 0 Å². The molecule has 0 atom stereocenters. The summed E-state index contributed by atoms with van der Waals surface area (Å²) >= 11 is 0. The van der Waals surface area contributed by atoms with E-state index in [0.717, 1.165) is 4.68 Å². The number of carbonyl (C=O) groups is 1. The molecule has 130 valence electrons. The van der Waals surface area contributed by atoms with Crippen molar-refractivity contribution in [2.75, 3.05) is 19.5 Å². The topological polar surface area (TPSA) is 109 Å². The molecule has 3 aromatic rings. The van der Waals surface area contributed by atoms with Crippen molar-refractivity contribution >= 4 is 11.6 Å². The third-order valence-electron chi connectivity index (χ3n) is 3.30. The minimum Gasteiger partial charge on any atom is -0.493 e. The van der Waals surface area contributed by atoms with E-state index in [0.29, 0.717) is 22.9 Å². The van der Waals surface area contributed by atoms with E-state index in [1.807, 2.05) is 0 Å². The van der Waals surface area contributed by atoms with Crippen molar-refractivity contribution in [3.05, 3.63) is 47.1 Å². The van der Waals surface area contributed by atoms with Gasteiger partial charge in [-0.25, -0.2) is 4.79 Å². The van der Waals surface area contributed by atoms with Crippen LogP contribution in [0.3, 0.4) is 0 Å². The number of rotatable bonds is 6. The van der Waals surface area contributed by atoms with Crippen molar-refractivity contribution in [3.8, 4) is 23.1 Å². The lowest BCUT2D eigenvalue weighted by Crippen LogP contribution is -2.25. The van der Waals surface area contributed by atoms with Gasteiger partial charge in [0.1, 0.15) is 6.54 Å². The lowest BCUT2D eigenvalue weighted by molar-refractivity contribution is -0.117. The van der Waals surface area contributed by atoms with Crippen LogP contribution in [0, 0.1) is 0 Å². The minimum absolute atomic E-state index is 0.00826. The lowest BCUT2D eigenvalue weighted by Gasteiger charge is -2.10. The summed E-state index contributed by atoms with van der Waals surface area (Å²) in [4.78, 5) is 23.9. The summed E-state index contributed by atoms with van der Waals surface area (Å²) in [6, 6.07) is 8.15. The van der Waals surface area contributed by atoms with Crippen LogP contribution in [-0.4, -0.2) is 29.9 Å². The first-order chi connectivity index (χ1) is 12.1. The second-order valence-electron chi connectivity index (χ2n) is 4.93. The van der Waals surface area contributed by atoms with E-state index in [9.17, 15) is 9.59 Å². The Morgan fingerprint density at radius 2 is 2.04 bits per heavy atom. The second kappa shape index (κ2) is 6.95. The van der Waals surface area contributed by atoms with Gasteiger partial charge in [0.25, 0.3) is 5.89 Å². The van der Waals surface area contributed by atoms with Crippen molar-refractivity contribution in [1.29, 1.82) is 0 Å². The Balaban J connectivity index is 1.72. The third kappa shape index (κ3) is 3.55. The van der Waals surface area contributed by atoms with Crippen LogP contribution in [-0.2, 0) is 11.3 Å². The number of carbonyl (C=O) groups excluding carboxylic acids is 1. The quantitative estimate of drug-likeness (QED) is 0.725. The smallest absolute Gasteiger partial charge is 0.437 e. The molecule has 0 saturated carbocycles. The van der Waals surface area contributed by atoms with Crippen LogP contribution in [0.2, 0.25) is 0 Å². The molecule has 1 amide bonds. The fourth-order valence-electron chi connectivity index (χ4n) is 2.16. The highest BCUT2D eigenvalue weighted by molar-refractivity contribution is 5.90. The molecule has 0 saturated heterocycles. The Morgan fingerprint density at radius 3 is 2.72 bits per heavy atom. The fourth-order valence-corrected chi connectivity index (χ4v) is 2.16. The average Bonchev–Trinajstić information content (AvgIpc) is 3.25. The zero-order valence-electron chi connectivity index (χ0n) is 13.5. The van der Waals surface area contributed by atoms with Crippen LogP contribution in [0.25, 0.3) is 11.7 Å². The number of aromatic nitrogens is 2. The number of benzene rings is 1. The number of anilines is 1. The molecule has 3 rings (SSSR count). The monoisotopic (exact) mass is 345 g/mol. The molecule has 9 nitrogen and oxygen atoms in total.